The van der Waals surface area contributed by atoms with E-state index in [9.17, 15) is 5.26 Å². The van der Waals surface area contributed by atoms with Crippen LogP contribution in [0.5, 0.6) is 11.5 Å². The van der Waals surface area contributed by atoms with Crippen molar-refractivity contribution in [3.05, 3.63) is 59.7 Å². The molecule has 28 heavy (non-hydrogen) atoms. The fraction of sp³-hybridized carbons (Fsp3) is 0.150. The van der Waals surface area contributed by atoms with Crippen LogP contribution in [0.1, 0.15) is 11.1 Å². The van der Waals surface area contributed by atoms with Crippen molar-refractivity contribution in [1.82, 2.24) is 9.97 Å². The zero-order valence-corrected chi connectivity index (χ0v) is 16.3. The number of nitrogens with two attached hydrogens (primary N) is 1. The van der Waals surface area contributed by atoms with Crippen molar-refractivity contribution in [3.63, 3.8) is 0 Å². The lowest BCUT2D eigenvalue weighted by molar-refractivity contribution is 0.304. The van der Waals surface area contributed by atoms with Crippen LogP contribution in [0.15, 0.2) is 53.7 Å². The number of nitrogens with zero attached hydrogens (tertiary/aromatic N) is 3. The molecule has 0 aliphatic rings. The molecule has 1 aromatic heterocycles. The number of nitrogens with one attached hydrogen (secondary N) is 1. The molecule has 0 bridgehead atoms. The summed E-state index contributed by atoms with van der Waals surface area (Å²) < 4.78 is 11.3. The smallest absolute Gasteiger partial charge is 0.191 e. The lowest BCUT2D eigenvalue weighted by atomic mass is 10.2. The van der Waals surface area contributed by atoms with Crippen molar-refractivity contribution in [2.75, 3.05) is 24.4 Å². The van der Waals surface area contributed by atoms with E-state index in [2.05, 4.69) is 15.3 Å². The zero-order valence-electron chi connectivity index (χ0n) is 15.5. The minimum absolute atomic E-state index is 0.132. The molecular weight excluding hydrogens is 374 g/mol. The molecule has 0 fully saturated rings. The summed E-state index contributed by atoms with van der Waals surface area (Å²) in [5.74, 6) is 1.70. The summed E-state index contributed by atoms with van der Waals surface area (Å²) in [4.78, 5) is 8.45. The molecule has 2 aromatic carbocycles. The Kier molecular flexibility index (Phi) is 6.19. The Labute approximate surface area is 167 Å². The first-order valence-corrected chi connectivity index (χ1v) is 9.60. The van der Waals surface area contributed by atoms with Crippen LogP contribution >= 0.6 is 11.8 Å². The highest BCUT2D eigenvalue weighted by atomic mass is 32.2. The fourth-order valence-corrected chi connectivity index (χ4v) is 2.84. The number of hydrogen-bond donors (Lipinski definition) is 2. The number of thioether (sulfide) groups is 1. The standard InChI is InChI=1S/C20H19N5O2S/c1-26-15-8-14(9-16(10-15)27-12-13-6-4-3-5-7-13)23-19-17(11-21)18(22)24-20(25-19)28-2/h3-10H,12H2,1-2H3,(H3,22,23,24,25). The molecule has 0 aliphatic carbocycles. The number of hydrogen-bond acceptors (Lipinski definition) is 8. The van der Waals surface area contributed by atoms with Gasteiger partial charge in [-0.3, -0.25) is 0 Å². The summed E-state index contributed by atoms with van der Waals surface area (Å²) in [6, 6.07) is 17.3. The highest BCUT2D eigenvalue weighted by Gasteiger charge is 2.13. The molecule has 0 unspecified atom stereocenters. The molecule has 3 N–H and O–H groups in total. The number of ether oxygens (including phenoxy) is 2. The van der Waals surface area contributed by atoms with Gasteiger partial charge in [0, 0.05) is 23.9 Å². The van der Waals surface area contributed by atoms with Crippen LogP contribution in [-0.2, 0) is 6.61 Å². The summed E-state index contributed by atoms with van der Waals surface area (Å²) in [7, 11) is 1.58. The largest absolute Gasteiger partial charge is 0.497 e. The Morgan fingerprint density at radius 1 is 1.14 bits per heavy atom. The van der Waals surface area contributed by atoms with E-state index in [0.29, 0.717) is 34.8 Å². The van der Waals surface area contributed by atoms with Crippen LogP contribution in [0.2, 0.25) is 0 Å². The number of benzene rings is 2. The Morgan fingerprint density at radius 3 is 2.57 bits per heavy atom. The van der Waals surface area contributed by atoms with Crippen molar-refractivity contribution < 1.29 is 9.47 Å². The van der Waals surface area contributed by atoms with E-state index >= 15 is 0 Å². The quantitative estimate of drug-likeness (QED) is 0.458. The topological polar surface area (TPSA) is 106 Å². The van der Waals surface area contributed by atoms with Gasteiger partial charge in [0.15, 0.2) is 11.0 Å². The summed E-state index contributed by atoms with van der Waals surface area (Å²) in [6.07, 6.45) is 1.84. The Morgan fingerprint density at radius 2 is 1.89 bits per heavy atom. The zero-order chi connectivity index (χ0) is 19.9. The van der Waals surface area contributed by atoms with Gasteiger partial charge in [-0.15, -0.1) is 0 Å². The first-order chi connectivity index (χ1) is 13.6. The van der Waals surface area contributed by atoms with Crippen molar-refractivity contribution in [3.8, 4) is 17.6 Å². The van der Waals surface area contributed by atoms with Gasteiger partial charge in [0.25, 0.3) is 0 Å². The molecule has 0 saturated heterocycles. The van der Waals surface area contributed by atoms with Crippen molar-refractivity contribution in [1.29, 1.82) is 5.26 Å². The lowest BCUT2D eigenvalue weighted by Crippen LogP contribution is -2.05. The van der Waals surface area contributed by atoms with Crippen LogP contribution in [0.25, 0.3) is 0 Å². The van der Waals surface area contributed by atoms with Crippen LogP contribution in [0, 0.1) is 11.3 Å². The maximum atomic E-state index is 9.40. The van der Waals surface area contributed by atoms with Crippen molar-refractivity contribution >= 4 is 29.1 Å². The molecule has 142 valence electrons. The number of nitriles is 1. The fourth-order valence-electron chi connectivity index (χ4n) is 2.47. The minimum Gasteiger partial charge on any atom is -0.497 e. The van der Waals surface area contributed by atoms with E-state index in [1.165, 1.54) is 11.8 Å². The summed E-state index contributed by atoms with van der Waals surface area (Å²) in [6.45, 7) is 0.425. The number of aromatic nitrogens is 2. The van der Waals surface area contributed by atoms with Gasteiger partial charge in [0.1, 0.15) is 35.6 Å². The van der Waals surface area contributed by atoms with E-state index in [1.54, 1.807) is 19.2 Å². The van der Waals surface area contributed by atoms with Gasteiger partial charge >= 0.3 is 0 Å². The monoisotopic (exact) mass is 393 g/mol. The van der Waals surface area contributed by atoms with E-state index in [-0.39, 0.29) is 11.4 Å². The maximum absolute atomic E-state index is 9.40. The molecule has 0 saturated carbocycles. The average Bonchev–Trinajstić information content (AvgIpc) is 2.72. The lowest BCUT2D eigenvalue weighted by Gasteiger charge is -2.13. The van der Waals surface area contributed by atoms with E-state index < -0.39 is 0 Å². The maximum Gasteiger partial charge on any atom is 0.191 e. The van der Waals surface area contributed by atoms with Gasteiger partial charge in [-0.1, -0.05) is 42.1 Å². The predicted molar refractivity (Wildman–Crippen MR) is 110 cm³/mol. The van der Waals surface area contributed by atoms with Gasteiger partial charge in [0.05, 0.1) is 7.11 Å². The summed E-state index contributed by atoms with van der Waals surface area (Å²) >= 11 is 1.34. The highest BCUT2D eigenvalue weighted by Crippen LogP contribution is 2.30. The van der Waals surface area contributed by atoms with Gasteiger partial charge in [0.2, 0.25) is 0 Å². The minimum atomic E-state index is 0.132. The molecule has 0 spiro atoms. The SMILES string of the molecule is COc1cc(Nc2nc(SC)nc(N)c2C#N)cc(OCc2ccccc2)c1. The number of nitrogen functional groups attached to an aromatic ring is 1. The first-order valence-electron chi connectivity index (χ1n) is 8.37. The molecule has 0 aliphatic heterocycles. The third-order valence-corrected chi connectivity index (χ3v) is 4.39. The molecule has 7 nitrogen and oxygen atoms in total. The van der Waals surface area contributed by atoms with Crippen molar-refractivity contribution in [2.45, 2.75) is 11.8 Å². The Bertz CT molecular complexity index is 1010. The molecular formula is C20H19N5O2S. The molecule has 1 heterocycles. The second-order valence-electron chi connectivity index (χ2n) is 5.73. The number of methoxy groups -OCH3 is 1. The first kappa shape index (κ1) is 19.3. The Balaban J connectivity index is 1.88. The third-order valence-electron chi connectivity index (χ3n) is 3.84. The van der Waals surface area contributed by atoms with E-state index in [1.807, 2.05) is 48.7 Å². The Hall–Kier alpha value is -3.44. The highest BCUT2D eigenvalue weighted by molar-refractivity contribution is 7.98. The van der Waals surface area contributed by atoms with Crippen molar-refractivity contribution in [2.24, 2.45) is 0 Å². The number of anilines is 3. The van der Waals surface area contributed by atoms with Crippen LogP contribution in [0.4, 0.5) is 17.3 Å². The van der Waals surface area contributed by atoms with Crippen LogP contribution in [-0.4, -0.2) is 23.3 Å². The molecule has 3 aromatic rings. The van der Waals surface area contributed by atoms with E-state index in [0.717, 1.165) is 5.56 Å². The summed E-state index contributed by atoms with van der Waals surface area (Å²) in [5.41, 5.74) is 7.78. The second kappa shape index (κ2) is 8.97. The molecule has 8 heteroatoms. The average molecular weight is 393 g/mol. The molecule has 0 atom stereocenters. The van der Waals surface area contributed by atoms with E-state index in [4.69, 9.17) is 15.2 Å². The number of rotatable bonds is 7. The summed E-state index contributed by atoms with van der Waals surface area (Å²) in [5, 5.41) is 13.0. The van der Waals surface area contributed by atoms with Gasteiger partial charge < -0.3 is 20.5 Å². The van der Waals surface area contributed by atoms with Gasteiger partial charge in [-0.2, -0.15) is 5.26 Å². The molecule has 0 radical (unpaired) electrons. The normalized spacial score (nSPS) is 10.2. The third kappa shape index (κ3) is 4.64. The van der Waals surface area contributed by atoms with Crippen LogP contribution < -0.4 is 20.5 Å². The van der Waals surface area contributed by atoms with Gasteiger partial charge in [-0.05, 0) is 11.8 Å². The molecule has 0 amide bonds. The van der Waals surface area contributed by atoms with Gasteiger partial charge in [-0.25, -0.2) is 9.97 Å². The molecule has 3 rings (SSSR count). The predicted octanol–water partition coefficient (Wildman–Crippen LogP) is 3.98. The second-order valence-corrected chi connectivity index (χ2v) is 6.50. The van der Waals surface area contributed by atoms with Crippen LogP contribution in [0.3, 0.4) is 0 Å².